The fourth-order valence-electron chi connectivity index (χ4n) is 3.82. The molecule has 0 bridgehead atoms. The van der Waals surface area contributed by atoms with E-state index in [1.807, 2.05) is 24.8 Å². The molecule has 142 valence electrons. The molecule has 2 aliphatic rings. The van der Waals surface area contributed by atoms with E-state index in [4.69, 9.17) is 11.6 Å². The van der Waals surface area contributed by atoms with Crippen molar-refractivity contribution in [3.05, 3.63) is 64.7 Å². The Morgan fingerprint density at radius 3 is 2.59 bits per heavy atom. The lowest BCUT2D eigenvalue weighted by Crippen LogP contribution is -2.49. The number of hydrogen-bond acceptors (Lipinski definition) is 4. The summed E-state index contributed by atoms with van der Waals surface area (Å²) in [5, 5.41) is 10.5. The van der Waals surface area contributed by atoms with E-state index >= 15 is 0 Å². The quantitative estimate of drug-likeness (QED) is 0.693. The maximum Gasteiger partial charge on any atom is 0.104 e. The van der Waals surface area contributed by atoms with E-state index < -0.39 is 0 Å². The molecule has 0 spiro atoms. The van der Waals surface area contributed by atoms with Gasteiger partial charge in [-0.2, -0.15) is 0 Å². The van der Waals surface area contributed by atoms with Crippen LogP contribution in [-0.4, -0.2) is 53.9 Å². The van der Waals surface area contributed by atoms with Gasteiger partial charge in [0.2, 0.25) is 0 Å². The molecule has 1 N–H and O–H groups in total. The first kappa shape index (κ1) is 19.0. The molecule has 0 amide bonds. The molecule has 1 unspecified atom stereocenters. The Morgan fingerprint density at radius 1 is 1.07 bits per heavy atom. The van der Waals surface area contributed by atoms with Gasteiger partial charge < -0.3 is 10.0 Å². The Balaban J connectivity index is 1.51. The zero-order chi connectivity index (χ0) is 18.8. The van der Waals surface area contributed by atoms with Gasteiger partial charge in [-0.25, -0.2) is 0 Å². The van der Waals surface area contributed by atoms with E-state index in [2.05, 4.69) is 52.3 Å². The van der Waals surface area contributed by atoms with Crippen LogP contribution in [0.3, 0.4) is 0 Å². The first-order chi connectivity index (χ1) is 13.1. The van der Waals surface area contributed by atoms with Gasteiger partial charge in [0.15, 0.2) is 0 Å². The summed E-state index contributed by atoms with van der Waals surface area (Å²) in [5.74, 6) is 0. The topological polar surface area (TPSA) is 26.7 Å². The van der Waals surface area contributed by atoms with Gasteiger partial charge in [-0.3, -0.25) is 4.90 Å². The van der Waals surface area contributed by atoms with Crippen molar-refractivity contribution < 1.29 is 5.11 Å². The van der Waals surface area contributed by atoms with Crippen molar-refractivity contribution in [3.63, 3.8) is 0 Å². The molecule has 2 aromatic carbocycles. The lowest BCUT2D eigenvalue weighted by atomic mass is 9.96. The van der Waals surface area contributed by atoms with Crippen LogP contribution in [0.1, 0.15) is 24.5 Å². The van der Waals surface area contributed by atoms with Crippen molar-refractivity contribution in [1.29, 1.82) is 0 Å². The number of aliphatic hydroxyl groups is 1. The molecule has 2 heterocycles. The van der Waals surface area contributed by atoms with Crippen LogP contribution in [0.2, 0.25) is 5.02 Å². The molecule has 1 atom stereocenters. The lowest BCUT2D eigenvalue weighted by molar-refractivity contribution is -0.0123. The van der Waals surface area contributed by atoms with Crippen LogP contribution in [0, 0.1) is 0 Å². The fraction of sp³-hybridized carbons (Fsp3) is 0.364. The summed E-state index contributed by atoms with van der Waals surface area (Å²) in [4.78, 5) is 7.19. The molecule has 0 aromatic heterocycles. The number of aliphatic hydroxyl groups excluding tert-OH is 1. The SMILES string of the molecule is CC(O)N1CCN(CC/C=C2/c3ccccc3Sc3ccc(Cl)cc32)CC1. The molecule has 2 aromatic rings. The minimum Gasteiger partial charge on any atom is -0.379 e. The van der Waals surface area contributed by atoms with E-state index in [1.165, 1.54) is 26.5 Å². The maximum absolute atomic E-state index is 9.70. The summed E-state index contributed by atoms with van der Waals surface area (Å²) in [6.45, 7) is 6.80. The molecule has 0 saturated carbocycles. The van der Waals surface area contributed by atoms with Gasteiger partial charge >= 0.3 is 0 Å². The Kier molecular flexibility index (Phi) is 5.90. The van der Waals surface area contributed by atoms with Crippen molar-refractivity contribution >= 4 is 28.9 Å². The first-order valence-corrected chi connectivity index (χ1v) is 10.7. The average molecular weight is 401 g/mol. The van der Waals surface area contributed by atoms with E-state index in [1.54, 1.807) is 0 Å². The Labute approximate surface area is 170 Å². The van der Waals surface area contributed by atoms with Gasteiger partial charge in [-0.15, -0.1) is 0 Å². The maximum atomic E-state index is 9.70. The number of hydrogen-bond donors (Lipinski definition) is 1. The summed E-state index contributed by atoms with van der Waals surface area (Å²) in [7, 11) is 0. The number of fused-ring (bicyclic) bond motifs is 2. The minimum absolute atomic E-state index is 0.341. The van der Waals surface area contributed by atoms with Gasteiger partial charge in [0, 0.05) is 47.5 Å². The number of nitrogens with zero attached hydrogens (tertiary/aromatic N) is 2. The summed E-state index contributed by atoms with van der Waals surface area (Å²) in [6.07, 6.45) is 3.04. The molecule has 4 rings (SSSR count). The monoisotopic (exact) mass is 400 g/mol. The van der Waals surface area contributed by atoms with Gasteiger partial charge in [0.25, 0.3) is 0 Å². The minimum atomic E-state index is -0.341. The number of halogens is 1. The number of rotatable bonds is 4. The second kappa shape index (κ2) is 8.38. The highest BCUT2D eigenvalue weighted by atomic mass is 35.5. The van der Waals surface area contributed by atoms with Gasteiger partial charge in [-0.05, 0) is 54.3 Å². The molecule has 27 heavy (non-hydrogen) atoms. The normalized spacial score (nSPS) is 20.3. The smallest absolute Gasteiger partial charge is 0.104 e. The van der Waals surface area contributed by atoms with Crippen molar-refractivity contribution in [2.75, 3.05) is 32.7 Å². The van der Waals surface area contributed by atoms with E-state index in [9.17, 15) is 5.11 Å². The summed E-state index contributed by atoms with van der Waals surface area (Å²) < 4.78 is 0. The average Bonchev–Trinajstić information content (AvgIpc) is 2.68. The molecule has 0 aliphatic carbocycles. The highest BCUT2D eigenvalue weighted by molar-refractivity contribution is 7.99. The number of piperazine rings is 1. The Bertz CT molecular complexity index is 844. The number of benzene rings is 2. The summed E-state index contributed by atoms with van der Waals surface area (Å²) >= 11 is 8.11. The standard InChI is InChI=1S/C22H25ClN2OS/c1-16(26)25-13-11-24(12-14-25)10-4-6-18-19-5-2-3-7-21(19)27-22-9-8-17(23)15-20(18)22/h2-3,5-9,15-16,26H,4,10-14H2,1H3/b18-6-. The first-order valence-electron chi connectivity index (χ1n) is 9.53. The van der Waals surface area contributed by atoms with Crippen LogP contribution in [0.25, 0.3) is 5.57 Å². The van der Waals surface area contributed by atoms with Crippen molar-refractivity contribution in [3.8, 4) is 0 Å². The molecule has 2 aliphatic heterocycles. The zero-order valence-electron chi connectivity index (χ0n) is 15.6. The Morgan fingerprint density at radius 2 is 1.81 bits per heavy atom. The molecule has 0 radical (unpaired) electrons. The second-order valence-electron chi connectivity index (χ2n) is 7.15. The van der Waals surface area contributed by atoms with Crippen LogP contribution in [-0.2, 0) is 0 Å². The van der Waals surface area contributed by atoms with E-state index in [0.29, 0.717) is 0 Å². The van der Waals surface area contributed by atoms with Crippen LogP contribution in [0.5, 0.6) is 0 Å². The predicted molar refractivity (Wildman–Crippen MR) is 113 cm³/mol. The fourth-order valence-corrected chi connectivity index (χ4v) is 5.07. The van der Waals surface area contributed by atoms with Crippen molar-refractivity contribution in [2.24, 2.45) is 0 Å². The van der Waals surface area contributed by atoms with Crippen LogP contribution in [0.4, 0.5) is 0 Å². The third kappa shape index (κ3) is 4.25. The van der Waals surface area contributed by atoms with Crippen molar-refractivity contribution in [2.45, 2.75) is 29.4 Å². The van der Waals surface area contributed by atoms with Gasteiger partial charge in [0.1, 0.15) is 6.23 Å². The third-order valence-electron chi connectivity index (χ3n) is 5.36. The molecular formula is C22H25ClN2OS. The molecule has 1 saturated heterocycles. The molecule has 5 heteroatoms. The van der Waals surface area contributed by atoms with Crippen LogP contribution in [0.15, 0.2) is 58.3 Å². The molecular weight excluding hydrogens is 376 g/mol. The van der Waals surface area contributed by atoms with Crippen LogP contribution >= 0.6 is 23.4 Å². The van der Waals surface area contributed by atoms with E-state index in [-0.39, 0.29) is 6.23 Å². The molecule has 1 fully saturated rings. The Hall–Kier alpha value is -1.30. The largest absolute Gasteiger partial charge is 0.379 e. The lowest BCUT2D eigenvalue weighted by Gasteiger charge is -2.36. The highest BCUT2D eigenvalue weighted by Gasteiger charge is 2.22. The van der Waals surface area contributed by atoms with Gasteiger partial charge in [-0.1, -0.05) is 47.6 Å². The second-order valence-corrected chi connectivity index (χ2v) is 8.67. The van der Waals surface area contributed by atoms with Gasteiger partial charge in [0.05, 0.1) is 0 Å². The van der Waals surface area contributed by atoms with Crippen molar-refractivity contribution in [1.82, 2.24) is 9.80 Å². The zero-order valence-corrected chi connectivity index (χ0v) is 17.1. The molecule has 3 nitrogen and oxygen atoms in total. The highest BCUT2D eigenvalue weighted by Crippen LogP contribution is 2.46. The predicted octanol–water partition coefficient (Wildman–Crippen LogP) is 4.58. The third-order valence-corrected chi connectivity index (χ3v) is 6.74. The van der Waals surface area contributed by atoms with E-state index in [0.717, 1.165) is 44.2 Å². The van der Waals surface area contributed by atoms with Crippen LogP contribution < -0.4 is 0 Å². The summed E-state index contributed by atoms with van der Waals surface area (Å²) in [5.41, 5.74) is 3.84. The summed E-state index contributed by atoms with van der Waals surface area (Å²) in [6, 6.07) is 14.8.